The van der Waals surface area contributed by atoms with Gasteiger partial charge in [0.15, 0.2) is 0 Å². The van der Waals surface area contributed by atoms with E-state index in [9.17, 15) is 4.79 Å². The highest BCUT2D eigenvalue weighted by Gasteiger charge is 2.22. The van der Waals surface area contributed by atoms with Gasteiger partial charge in [-0.3, -0.25) is 4.79 Å². The van der Waals surface area contributed by atoms with Crippen molar-refractivity contribution in [1.29, 1.82) is 0 Å². The van der Waals surface area contributed by atoms with E-state index in [1.54, 1.807) is 0 Å². The summed E-state index contributed by atoms with van der Waals surface area (Å²) in [5, 5.41) is 0. The minimum atomic E-state index is 0.0196. The van der Waals surface area contributed by atoms with Crippen LogP contribution in [0, 0.1) is 6.92 Å². The second-order valence-corrected chi connectivity index (χ2v) is 7.22. The fourth-order valence-corrected chi connectivity index (χ4v) is 3.11. The molecule has 0 spiro atoms. The van der Waals surface area contributed by atoms with Crippen LogP contribution in [0.4, 0.5) is 0 Å². The van der Waals surface area contributed by atoms with Crippen molar-refractivity contribution in [2.24, 2.45) is 0 Å². The number of carbonyl (C=O) groups excluding carboxylic acids is 1. The Hall–Kier alpha value is -1.88. The van der Waals surface area contributed by atoms with Crippen LogP contribution in [0.2, 0.25) is 0 Å². The molecule has 0 aliphatic carbocycles. The van der Waals surface area contributed by atoms with Crippen molar-refractivity contribution in [1.82, 2.24) is 14.3 Å². The Kier molecular flexibility index (Phi) is 4.15. The van der Waals surface area contributed by atoms with Crippen molar-refractivity contribution in [3.8, 4) is 0 Å². The van der Waals surface area contributed by atoms with Crippen molar-refractivity contribution in [2.45, 2.75) is 39.5 Å². The zero-order valence-corrected chi connectivity index (χ0v) is 14.4. The Morgan fingerprint density at radius 2 is 1.96 bits per heavy atom. The Morgan fingerprint density at radius 1 is 1.26 bits per heavy atom. The Balaban J connectivity index is 1.94. The summed E-state index contributed by atoms with van der Waals surface area (Å²) >= 11 is 0. The van der Waals surface area contributed by atoms with Crippen LogP contribution in [-0.2, 0) is 21.4 Å². The lowest BCUT2D eigenvalue weighted by Crippen LogP contribution is -2.41. The predicted octanol–water partition coefficient (Wildman–Crippen LogP) is 2.34. The van der Waals surface area contributed by atoms with Gasteiger partial charge in [0.1, 0.15) is 5.65 Å². The number of rotatable bonds is 2. The van der Waals surface area contributed by atoms with Crippen molar-refractivity contribution in [2.75, 3.05) is 26.3 Å². The van der Waals surface area contributed by atoms with Gasteiger partial charge in [0.25, 0.3) is 0 Å². The number of imidazole rings is 1. The average Bonchev–Trinajstić information content (AvgIpc) is 2.92. The molecule has 1 fully saturated rings. The molecule has 0 unspecified atom stereocenters. The summed E-state index contributed by atoms with van der Waals surface area (Å²) in [7, 11) is 0. The molecule has 23 heavy (non-hydrogen) atoms. The third-order valence-electron chi connectivity index (χ3n) is 4.42. The van der Waals surface area contributed by atoms with Gasteiger partial charge in [-0.2, -0.15) is 0 Å². The maximum absolute atomic E-state index is 12.5. The normalized spacial score (nSPS) is 16.1. The molecule has 1 aliphatic heterocycles. The number of ether oxygens (including phenoxy) is 1. The molecular formula is C18H25N3O2. The molecule has 5 heteroatoms. The van der Waals surface area contributed by atoms with Gasteiger partial charge in [-0.05, 0) is 18.4 Å². The van der Waals surface area contributed by atoms with E-state index < -0.39 is 0 Å². The van der Waals surface area contributed by atoms with E-state index in [0.29, 0.717) is 32.7 Å². The number of hydrogen-bond donors (Lipinski definition) is 0. The first-order valence-corrected chi connectivity index (χ1v) is 8.20. The fourth-order valence-electron chi connectivity index (χ4n) is 3.11. The lowest BCUT2D eigenvalue weighted by Gasteiger charge is -2.27. The summed E-state index contributed by atoms with van der Waals surface area (Å²) in [6.07, 6.45) is 2.23. The molecule has 0 bridgehead atoms. The number of morpholine rings is 1. The Morgan fingerprint density at radius 3 is 2.61 bits per heavy atom. The fraction of sp³-hybridized carbons (Fsp3) is 0.556. The smallest absolute Gasteiger partial charge is 0.228 e. The monoisotopic (exact) mass is 315 g/mol. The molecule has 1 saturated heterocycles. The molecule has 0 atom stereocenters. The molecule has 0 radical (unpaired) electrons. The van der Waals surface area contributed by atoms with Gasteiger partial charge in [0.05, 0.1) is 25.3 Å². The quantitative estimate of drug-likeness (QED) is 0.854. The highest BCUT2D eigenvalue weighted by Crippen LogP contribution is 2.27. The van der Waals surface area contributed by atoms with Crippen molar-refractivity contribution in [3.63, 3.8) is 0 Å². The second-order valence-electron chi connectivity index (χ2n) is 7.22. The number of fused-ring (bicyclic) bond motifs is 1. The first-order chi connectivity index (χ1) is 10.9. The van der Waals surface area contributed by atoms with E-state index >= 15 is 0 Å². The lowest BCUT2D eigenvalue weighted by molar-refractivity contribution is -0.134. The van der Waals surface area contributed by atoms with Gasteiger partial charge in [0, 0.05) is 30.5 Å². The topological polar surface area (TPSA) is 46.8 Å². The van der Waals surface area contributed by atoms with Crippen molar-refractivity contribution >= 4 is 11.6 Å². The zero-order valence-electron chi connectivity index (χ0n) is 14.4. The van der Waals surface area contributed by atoms with Gasteiger partial charge < -0.3 is 14.0 Å². The number of nitrogens with zero attached hydrogens (tertiary/aromatic N) is 3. The first kappa shape index (κ1) is 16.0. The second kappa shape index (κ2) is 5.96. The van der Waals surface area contributed by atoms with Gasteiger partial charge in [-0.15, -0.1) is 0 Å². The molecule has 124 valence electrons. The third-order valence-corrected chi connectivity index (χ3v) is 4.42. The minimum Gasteiger partial charge on any atom is -0.378 e. The van der Waals surface area contributed by atoms with Crippen LogP contribution in [0.25, 0.3) is 5.65 Å². The molecule has 1 amide bonds. The van der Waals surface area contributed by atoms with E-state index in [2.05, 4.69) is 49.2 Å². The largest absolute Gasteiger partial charge is 0.378 e. The van der Waals surface area contributed by atoms with Crippen LogP contribution in [0.5, 0.6) is 0 Å². The molecular weight excluding hydrogens is 290 g/mol. The SMILES string of the molecule is Cc1ccc(C(C)(C)C)c2ncc(CC(=O)N3CCOCC3)n12. The van der Waals surface area contributed by atoms with Crippen LogP contribution in [0.15, 0.2) is 18.3 Å². The number of carbonyl (C=O) groups is 1. The van der Waals surface area contributed by atoms with Crippen LogP contribution in [0.3, 0.4) is 0 Å². The summed E-state index contributed by atoms with van der Waals surface area (Å²) in [4.78, 5) is 19.0. The molecule has 0 saturated carbocycles. The highest BCUT2D eigenvalue weighted by molar-refractivity contribution is 5.79. The van der Waals surface area contributed by atoms with Crippen LogP contribution >= 0.6 is 0 Å². The van der Waals surface area contributed by atoms with Crippen LogP contribution in [-0.4, -0.2) is 46.5 Å². The number of pyridine rings is 1. The van der Waals surface area contributed by atoms with E-state index in [-0.39, 0.29) is 11.3 Å². The first-order valence-electron chi connectivity index (χ1n) is 8.20. The molecule has 0 aromatic carbocycles. The molecule has 1 aliphatic rings. The van der Waals surface area contributed by atoms with Crippen LogP contribution in [0.1, 0.15) is 37.7 Å². The number of hydrogen-bond acceptors (Lipinski definition) is 3. The van der Waals surface area contributed by atoms with Gasteiger partial charge >= 0.3 is 0 Å². The van der Waals surface area contributed by atoms with Gasteiger partial charge in [-0.1, -0.05) is 26.8 Å². The van der Waals surface area contributed by atoms with Crippen molar-refractivity contribution < 1.29 is 9.53 Å². The maximum atomic E-state index is 12.5. The number of amides is 1. The molecule has 0 N–H and O–H groups in total. The Labute approximate surface area is 137 Å². The summed E-state index contributed by atoms with van der Waals surface area (Å²) < 4.78 is 7.44. The summed E-state index contributed by atoms with van der Waals surface area (Å²) in [5.41, 5.74) is 4.25. The highest BCUT2D eigenvalue weighted by atomic mass is 16.5. The van der Waals surface area contributed by atoms with E-state index in [1.165, 1.54) is 5.56 Å². The van der Waals surface area contributed by atoms with Gasteiger partial charge in [-0.25, -0.2) is 4.98 Å². The van der Waals surface area contributed by atoms with Gasteiger partial charge in [0.2, 0.25) is 5.91 Å². The summed E-state index contributed by atoms with van der Waals surface area (Å²) in [6.45, 7) is 11.2. The molecule has 2 aromatic heterocycles. The third kappa shape index (κ3) is 3.11. The molecule has 5 nitrogen and oxygen atoms in total. The lowest BCUT2D eigenvalue weighted by atomic mass is 9.87. The molecule has 2 aromatic rings. The predicted molar refractivity (Wildman–Crippen MR) is 89.7 cm³/mol. The standard InChI is InChI=1S/C18H25N3O2/c1-13-5-6-15(18(2,3)4)17-19-12-14(21(13)17)11-16(22)20-7-9-23-10-8-20/h5-6,12H,7-11H2,1-4H3. The summed E-state index contributed by atoms with van der Waals surface area (Å²) in [5.74, 6) is 0.149. The van der Waals surface area contributed by atoms with Crippen molar-refractivity contribution in [3.05, 3.63) is 35.3 Å². The number of aryl methyl sites for hydroxylation is 1. The maximum Gasteiger partial charge on any atom is 0.228 e. The molecule has 3 heterocycles. The van der Waals surface area contributed by atoms with Crippen LogP contribution < -0.4 is 0 Å². The van der Waals surface area contributed by atoms with E-state index in [1.807, 2.05) is 11.1 Å². The minimum absolute atomic E-state index is 0.0196. The number of aromatic nitrogens is 2. The van der Waals surface area contributed by atoms with E-state index in [4.69, 9.17) is 4.74 Å². The molecule has 3 rings (SSSR count). The zero-order chi connectivity index (χ0) is 16.6. The Bertz CT molecular complexity index is 722. The summed E-state index contributed by atoms with van der Waals surface area (Å²) in [6, 6.07) is 4.25. The average molecular weight is 315 g/mol. The van der Waals surface area contributed by atoms with E-state index in [0.717, 1.165) is 17.0 Å².